The molecular formula is C19H23N7O7S3. The molecule has 2 saturated heterocycles. The molecule has 3 aromatic rings. The second-order valence-corrected chi connectivity index (χ2v) is 11.7. The largest absolute Gasteiger partial charge is 0.388 e. The molecule has 0 spiro atoms. The summed E-state index contributed by atoms with van der Waals surface area (Å²) in [6, 6.07) is 0. The van der Waals surface area contributed by atoms with E-state index in [1.165, 1.54) is 44.2 Å². The van der Waals surface area contributed by atoms with Gasteiger partial charge in [-0.2, -0.15) is 0 Å². The molecular weight excluding hydrogens is 534 g/mol. The average molecular weight is 558 g/mol. The molecule has 5 rings (SSSR count). The summed E-state index contributed by atoms with van der Waals surface area (Å²) in [7, 11) is 2.72. The van der Waals surface area contributed by atoms with E-state index < -0.39 is 54.9 Å². The molecule has 2 aliphatic heterocycles. The minimum absolute atomic E-state index is 0.0730. The number of carbonyl (C=O) groups is 1. The van der Waals surface area contributed by atoms with E-state index in [-0.39, 0.29) is 11.5 Å². The molecule has 3 aromatic heterocycles. The maximum atomic E-state index is 11.3. The molecule has 0 aliphatic carbocycles. The highest BCUT2D eigenvalue weighted by molar-refractivity contribution is 8.76. The molecule has 0 unspecified atom stereocenters. The standard InChI is InChI=1S/C19H23N7O7S3/c20-15-9-17(23-4-22-15)26(5-24-9)19-13(30)11(28)8(33-19)3-36-35-2-7-10(27)12(29)14(32-7)18-25-6(1-34-18)16(21)31/h1,4-5,7-8,10-14,19,27-30H,2-3H2,(H2,21,31)(H2,20,22,23)/t7-,8-,10-,11-,12-,13-,14-,19-/m1/s1. The van der Waals surface area contributed by atoms with Gasteiger partial charge in [-0.05, 0) is 0 Å². The molecule has 0 radical (unpaired) electrons. The molecule has 2 aliphatic rings. The summed E-state index contributed by atoms with van der Waals surface area (Å²) >= 11 is 1.12. The smallest absolute Gasteiger partial charge is 0.268 e. The number of primary amides is 1. The maximum Gasteiger partial charge on any atom is 0.268 e. The number of rotatable bonds is 8. The summed E-state index contributed by atoms with van der Waals surface area (Å²) in [6.45, 7) is 0. The van der Waals surface area contributed by atoms with Gasteiger partial charge in [-0.15, -0.1) is 11.3 Å². The Morgan fingerprint density at radius 1 is 1.03 bits per heavy atom. The quantitative estimate of drug-likeness (QED) is 0.142. The Hall–Kier alpha value is -2.09. The van der Waals surface area contributed by atoms with Crippen molar-refractivity contribution < 1.29 is 34.7 Å². The number of nitrogen functional groups attached to an aromatic ring is 1. The fourth-order valence-electron chi connectivity index (χ4n) is 4.01. The fourth-order valence-corrected chi connectivity index (χ4v) is 7.28. The lowest BCUT2D eigenvalue weighted by Crippen LogP contribution is -2.32. The molecule has 0 saturated carbocycles. The van der Waals surface area contributed by atoms with Crippen molar-refractivity contribution >= 4 is 55.8 Å². The van der Waals surface area contributed by atoms with E-state index in [1.807, 2.05) is 0 Å². The number of thiazole rings is 1. The van der Waals surface area contributed by atoms with Gasteiger partial charge in [0, 0.05) is 16.9 Å². The third-order valence-corrected chi connectivity index (χ3v) is 9.25. The van der Waals surface area contributed by atoms with Crippen LogP contribution < -0.4 is 11.5 Å². The summed E-state index contributed by atoms with van der Waals surface area (Å²) < 4.78 is 13.2. The minimum Gasteiger partial charge on any atom is -0.388 e. The van der Waals surface area contributed by atoms with Gasteiger partial charge in [0.1, 0.15) is 53.1 Å². The summed E-state index contributed by atoms with van der Waals surface area (Å²) in [4.78, 5) is 27.5. The average Bonchev–Trinajstić information content (AvgIpc) is 3.62. The summed E-state index contributed by atoms with van der Waals surface area (Å²) in [5.74, 6) is 0.162. The van der Waals surface area contributed by atoms with Gasteiger partial charge in [0.05, 0.1) is 18.5 Å². The zero-order chi connectivity index (χ0) is 25.6. The lowest BCUT2D eigenvalue weighted by atomic mass is 10.1. The predicted molar refractivity (Wildman–Crippen MR) is 131 cm³/mol. The van der Waals surface area contributed by atoms with Crippen LogP contribution in [0.4, 0.5) is 5.82 Å². The number of hydrogen-bond donors (Lipinski definition) is 6. The molecule has 8 atom stereocenters. The number of carbonyl (C=O) groups excluding carboxylic acids is 1. The van der Waals surface area contributed by atoms with E-state index in [4.69, 9.17) is 20.9 Å². The molecule has 14 nitrogen and oxygen atoms in total. The van der Waals surface area contributed by atoms with E-state index in [0.29, 0.717) is 27.7 Å². The summed E-state index contributed by atoms with van der Waals surface area (Å²) in [6.07, 6.45) is -5.15. The lowest BCUT2D eigenvalue weighted by Gasteiger charge is -2.16. The number of aliphatic hydroxyl groups excluding tert-OH is 4. The van der Waals surface area contributed by atoms with Gasteiger partial charge in [-0.1, -0.05) is 21.6 Å². The Bertz CT molecular complexity index is 1250. The highest BCUT2D eigenvalue weighted by Gasteiger charge is 2.46. The Morgan fingerprint density at radius 2 is 1.72 bits per heavy atom. The van der Waals surface area contributed by atoms with Crippen molar-refractivity contribution in [3.63, 3.8) is 0 Å². The van der Waals surface area contributed by atoms with Gasteiger partial charge in [-0.3, -0.25) is 9.36 Å². The van der Waals surface area contributed by atoms with Crippen LogP contribution in [-0.2, 0) is 9.47 Å². The summed E-state index contributed by atoms with van der Waals surface area (Å²) in [5.41, 5.74) is 11.9. The lowest BCUT2D eigenvalue weighted by molar-refractivity contribution is -0.0288. The van der Waals surface area contributed by atoms with Crippen molar-refractivity contribution in [2.45, 2.75) is 49.0 Å². The van der Waals surface area contributed by atoms with Crippen molar-refractivity contribution in [3.05, 3.63) is 28.7 Å². The number of fused-ring (bicyclic) bond motifs is 1. The summed E-state index contributed by atoms with van der Waals surface area (Å²) in [5, 5.41) is 43.7. The van der Waals surface area contributed by atoms with Crippen LogP contribution in [-0.4, -0.2) is 99.0 Å². The van der Waals surface area contributed by atoms with E-state index in [9.17, 15) is 25.2 Å². The van der Waals surface area contributed by atoms with Gasteiger partial charge in [0.15, 0.2) is 17.7 Å². The number of aliphatic hydroxyl groups is 4. The molecule has 17 heteroatoms. The van der Waals surface area contributed by atoms with Crippen LogP contribution in [0.5, 0.6) is 0 Å². The molecule has 2 fully saturated rings. The van der Waals surface area contributed by atoms with Crippen LogP contribution in [0, 0.1) is 0 Å². The highest BCUT2D eigenvalue weighted by Crippen LogP contribution is 2.39. The van der Waals surface area contributed by atoms with Gasteiger partial charge in [0.2, 0.25) is 0 Å². The Morgan fingerprint density at radius 3 is 2.42 bits per heavy atom. The minimum atomic E-state index is -1.21. The van der Waals surface area contributed by atoms with Crippen molar-refractivity contribution in [1.82, 2.24) is 24.5 Å². The van der Waals surface area contributed by atoms with Gasteiger partial charge < -0.3 is 41.4 Å². The molecule has 36 heavy (non-hydrogen) atoms. The van der Waals surface area contributed by atoms with E-state index >= 15 is 0 Å². The van der Waals surface area contributed by atoms with Crippen LogP contribution in [0.3, 0.4) is 0 Å². The molecule has 0 aromatic carbocycles. The van der Waals surface area contributed by atoms with Crippen molar-refractivity contribution in [2.75, 3.05) is 17.2 Å². The zero-order valence-corrected chi connectivity index (χ0v) is 20.8. The monoisotopic (exact) mass is 557 g/mol. The topological polar surface area (TPSA) is 225 Å². The number of nitrogens with two attached hydrogens (primary N) is 2. The van der Waals surface area contributed by atoms with Gasteiger partial charge in [-0.25, -0.2) is 19.9 Å². The highest BCUT2D eigenvalue weighted by atomic mass is 33.1. The number of aromatic nitrogens is 5. The molecule has 1 amide bonds. The first-order chi connectivity index (χ1) is 17.3. The van der Waals surface area contributed by atoms with Crippen LogP contribution >= 0.6 is 32.9 Å². The van der Waals surface area contributed by atoms with E-state index in [2.05, 4.69) is 19.9 Å². The third kappa shape index (κ3) is 4.66. The fraction of sp³-hybridized carbons (Fsp3) is 0.526. The van der Waals surface area contributed by atoms with Crippen molar-refractivity contribution in [3.8, 4) is 0 Å². The van der Waals surface area contributed by atoms with Crippen LogP contribution in [0.25, 0.3) is 11.2 Å². The van der Waals surface area contributed by atoms with Crippen LogP contribution in [0.2, 0.25) is 0 Å². The second kappa shape index (κ2) is 10.3. The first-order valence-electron chi connectivity index (χ1n) is 10.7. The number of amides is 1. The number of hydrogen-bond acceptors (Lipinski definition) is 15. The number of imidazole rings is 1. The first-order valence-corrected chi connectivity index (χ1v) is 14.1. The number of ether oxygens (including phenoxy) is 2. The zero-order valence-electron chi connectivity index (χ0n) is 18.4. The van der Waals surface area contributed by atoms with Crippen molar-refractivity contribution in [2.24, 2.45) is 5.73 Å². The first kappa shape index (κ1) is 25.6. The molecule has 8 N–H and O–H groups in total. The molecule has 5 heterocycles. The Kier molecular flexibility index (Phi) is 7.34. The molecule has 0 bridgehead atoms. The number of anilines is 1. The SMILES string of the molecule is NC(=O)c1csc([C@@H]2O[C@H](CSSC[C@H]3O[C@@H](n4cnc5c(N)ncnc54)[C@H](O)[C@@H]3O)[C@@H](O)[C@H]2O)n1. The van der Waals surface area contributed by atoms with Gasteiger partial charge >= 0.3 is 0 Å². The molecule has 194 valence electrons. The third-order valence-electron chi connectivity index (χ3n) is 5.93. The Balaban J connectivity index is 1.15. The normalized spacial score (nSPS) is 32.4. The van der Waals surface area contributed by atoms with Crippen LogP contribution in [0.15, 0.2) is 18.0 Å². The van der Waals surface area contributed by atoms with Crippen molar-refractivity contribution in [1.29, 1.82) is 0 Å². The predicted octanol–water partition coefficient (Wildman–Crippen LogP) is -1.17. The van der Waals surface area contributed by atoms with Crippen LogP contribution in [0.1, 0.15) is 27.8 Å². The van der Waals surface area contributed by atoms with E-state index in [0.717, 1.165) is 11.3 Å². The second-order valence-electron chi connectivity index (χ2n) is 8.21. The van der Waals surface area contributed by atoms with Gasteiger partial charge in [0.25, 0.3) is 5.91 Å². The maximum absolute atomic E-state index is 11.3. The number of nitrogens with zero attached hydrogens (tertiary/aromatic N) is 5. The van der Waals surface area contributed by atoms with E-state index in [1.54, 1.807) is 0 Å². The Labute approximate surface area is 215 Å².